The van der Waals surface area contributed by atoms with Crippen molar-refractivity contribution < 1.29 is 0 Å². The number of rotatable bonds is 9. The lowest BCUT2D eigenvalue weighted by atomic mass is 10.4. The summed E-state index contributed by atoms with van der Waals surface area (Å²) in [4.78, 5) is 0. The minimum Gasteiger partial charge on any atom is -0.199 e. The highest BCUT2D eigenvalue weighted by Crippen LogP contribution is 2.38. The molecule has 0 aromatic heterocycles. The van der Waals surface area contributed by atoms with Gasteiger partial charge in [0.1, 0.15) is 0 Å². The largest absolute Gasteiger partial charge is 0.199 e. The first-order valence-corrected chi connectivity index (χ1v) is 8.69. The van der Waals surface area contributed by atoms with Gasteiger partial charge in [0.15, 0.2) is 0 Å². The van der Waals surface area contributed by atoms with E-state index in [0.29, 0.717) is 7.92 Å². The number of nitrogens with zero attached hydrogens (tertiary/aromatic N) is 1. The molecule has 0 aromatic rings. The second kappa shape index (κ2) is 17.3. The number of hydrogen-bond donors (Lipinski definition) is 0. The Bertz CT molecular complexity index is 132. The molecular weight excluding hydrogens is 213 g/mol. The molecule has 0 rings (SSSR count). The molecule has 2 heteroatoms. The van der Waals surface area contributed by atoms with Gasteiger partial charge in [-0.25, -0.2) is 0 Å². The van der Waals surface area contributed by atoms with Crippen molar-refractivity contribution in [3.8, 4) is 6.07 Å². The topological polar surface area (TPSA) is 23.8 Å². The molecule has 0 amide bonds. The zero-order chi connectivity index (χ0) is 12.6. The molecule has 0 N–H and O–H groups in total. The third kappa shape index (κ3) is 16.4. The van der Waals surface area contributed by atoms with Crippen LogP contribution in [0.4, 0.5) is 0 Å². The summed E-state index contributed by atoms with van der Waals surface area (Å²) in [5.74, 6) is 0. The summed E-state index contributed by atoms with van der Waals surface area (Å²) in [5.41, 5.74) is 0. The van der Waals surface area contributed by atoms with Gasteiger partial charge in [0.2, 0.25) is 0 Å². The monoisotopic (exact) mass is 243 g/mol. The fraction of sp³-hybridized carbons (Fsp3) is 0.929. The summed E-state index contributed by atoms with van der Waals surface area (Å²) < 4.78 is 0. The van der Waals surface area contributed by atoms with Crippen molar-refractivity contribution in [3.05, 3.63) is 0 Å². The summed E-state index contributed by atoms with van der Waals surface area (Å²) in [6.45, 7) is 8.37. The van der Waals surface area contributed by atoms with Crippen LogP contribution >= 0.6 is 7.92 Å². The van der Waals surface area contributed by atoms with Gasteiger partial charge >= 0.3 is 0 Å². The summed E-state index contributed by atoms with van der Waals surface area (Å²) in [6, 6.07) is 1.75. The van der Waals surface area contributed by atoms with Gasteiger partial charge in [-0.05, 0) is 37.7 Å². The van der Waals surface area contributed by atoms with Gasteiger partial charge in [-0.2, -0.15) is 5.26 Å². The Labute approximate surface area is 104 Å². The Hall–Kier alpha value is -0.0800. The molecule has 0 saturated heterocycles. The highest BCUT2D eigenvalue weighted by atomic mass is 31.1. The van der Waals surface area contributed by atoms with Crippen LogP contribution in [-0.2, 0) is 0 Å². The van der Waals surface area contributed by atoms with Crippen LogP contribution < -0.4 is 0 Å². The molecule has 0 aliphatic carbocycles. The molecular formula is C14H30NP. The Morgan fingerprint density at radius 1 is 0.812 bits per heavy atom. The van der Waals surface area contributed by atoms with Crippen LogP contribution in [-0.4, -0.2) is 18.5 Å². The molecule has 0 aliphatic rings. The molecule has 0 spiro atoms. The molecule has 0 heterocycles. The zero-order valence-corrected chi connectivity index (χ0v) is 12.7. The van der Waals surface area contributed by atoms with Gasteiger partial charge in [-0.1, -0.05) is 40.0 Å². The molecule has 16 heavy (non-hydrogen) atoms. The van der Waals surface area contributed by atoms with Crippen molar-refractivity contribution in [3.63, 3.8) is 0 Å². The predicted octanol–water partition coefficient (Wildman–Crippen LogP) is 5.40. The average molecular weight is 243 g/mol. The van der Waals surface area contributed by atoms with Crippen molar-refractivity contribution in [2.45, 2.75) is 66.2 Å². The van der Waals surface area contributed by atoms with E-state index in [4.69, 9.17) is 5.26 Å². The maximum absolute atomic E-state index is 7.32. The van der Waals surface area contributed by atoms with E-state index in [0.717, 1.165) is 0 Å². The highest BCUT2D eigenvalue weighted by Gasteiger charge is 2.05. The predicted molar refractivity (Wildman–Crippen MR) is 77.5 cm³/mol. The normalized spacial score (nSPS) is 9.50. The van der Waals surface area contributed by atoms with Crippen molar-refractivity contribution in [2.75, 3.05) is 18.5 Å². The highest BCUT2D eigenvalue weighted by molar-refractivity contribution is 7.57. The smallest absolute Gasteiger partial charge is 0.0587 e. The third-order valence-corrected chi connectivity index (χ3v) is 5.33. The van der Waals surface area contributed by atoms with E-state index in [2.05, 4.69) is 20.8 Å². The molecule has 0 atom stereocenters. The SMILES string of the molecule is CC#N.CCCCP(CCCC)CCCC. The van der Waals surface area contributed by atoms with E-state index < -0.39 is 0 Å². The molecule has 0 aromatic carbocycles. The number of nitriles is 1. The first kappa shape index (κ1) is 18.3. The molecule has 0 unspecified atom stereocenters. The summed E-state index contributed by atoms with van der Waals surface area (Å²) >= 11 is 0. The van der Waals surface area contributed by atoms with Gasteiger partial charge < -0.3 is 0 Å². The van der Waals surface area contributed by atoms with Crippen LogP contribution in [0.2, 0.25) is 0 Å². The Kier molecular flexibility index (Phi) is 19.8. The summed E-state index contributed by atoms with van der Waals surface area (Å²) in [6.07, 6.45) is 13.2. The van der Waals surface area contributed by atoms with E-state index in [-0.39, 0.29) is 0 Å². The van der Waals surface area contributed by atoms with Gasteiger partial charge in [0, 0.05) is 6.92 Å². The molecule has 0 fully saturated rings. The lowest BCUT2D eigenvalue weighted by molar-refractivity contribution is 0.847. The second-order valence-corrected chi connectivity index (χ2v) is 6.81. The Balaban J connectivity index is 0. The van der Waals surface area contributed by atoms with Crippen LogP contribution in [0, 0.1) is 11.3 Å². The van der Waals surface area contributed by atoms with Crippen LogP contribution in [0.1, 0.15) is 66.2 Å². The number of unbranched alkanes of at least 4 members (excludes halogenated alkanes) is 3. The summed E-state index contributed by atoms with van der Waals surface area (Å²) in [5, 5.41) is 7.32. The van der Waals surface area contributed by atoms with Gasteiger partial charge in [-0.3, -0.25) is 0 Å². The average Bonchev–Trinajstić information content (AvgIpc) is 2.29. The Morgan fingerprint density at radius 3 is 1.25 bits per heavy atom. The van der Waals surface area contributed by atoms with E-state index in [1.165, 1.54) is 45.4 Å². The van der Waals surface area contributed by atoms with Crippen molar-refractivity contribution >= 4 is 7.92 Å². The van der Waals surface area contributed by atoms with E-state index in [1.807, 2.05) is 0 Å². The van der Waals surface area contributed by atoms with Crippen molar-refractivity contribution in [2.24, 2.45) is 0 Å². The fourth-order valence-electron chi connectivity index (χ4n) is 1.48. The van der Waals surface area contributed by atoms with E-state index in [9.17, 15) is 0 Å². The Morgan fingerprint density at radius 2 is 1.06 bits per heavy atom. The van der Waals surface area contributed by atoms with Crippen molar-refractivity contribution in [1.29, 1.82) is 5.26 Å². The van der Waals surface area contributed by atoms with Gasteiger partial charge in [-0.15, -0.1) is 7.92 Å². The van der Waals surface area contributed by atoms with Crippen LogP contribution in [0.5, 0.6) is 0 Å². The maximum atomic E-state index is 7.32. The van der Waals surface area contributed by atoms with Crippen molar-refractivity contribution in [1.82, 2.24) is 0 Å². The lowest BCUT2D eigenvalue weighted by Gasteiger charge is -2.16. The molecule has 0 saturated carbocycles. The van der Waals surface area contributed by atoms with Crippen LogP contribution in [0.25, 0.3) is 0 Å². The first-order chi connectivity index (χ1) is 7.76. The minimum atomic E-state index is 0.422. The maximum Gasteiger partial charge on any atom is 0.0587 e. The lowest BCUT2D eigenvalue weighted by Crippen LogP contribution is -1.95. The van der Waals surface area contributed by atoms with Gasteiger partial charge in [0.25, 0.3) is 0 Å². The standard InChI is InChI=1S/C12H27P.C2H3N/c1-4-7-10-13(11-8-5-2)12-9-6-3;1-2-3/h4-12H2,1-3H3;1H3. The quantitative estimate of drug-likeness (QED) is 0.497. The van der Waals surface area contributed by atoms with Gasteiger partial charge in [0.05, 0.1) is 6.07 Å². The fourth-order valence-corrected chi connectivity index (χ4v) is 4.44. The second-order valence-electron chi connectivity index (χ2n) is 4.13. The van der Waals surface area contributed by atoms with E-state index in [1.54, 1.807) is 24.6 Å². The molecule has 96 valence electrons. The first-order valence-electron chi connectivity index (χ1n) is 6.79. The molecule has 0 radical (unpaired) electrons. The van der Waals surface area contributed by atoms with Crippen LogP contribution in [0.15, 0.2) is 0 Å². The third-order valence-electron chi connectivity index (χ3n) is 2.48. The summed E-state index contributed by atoms with van der Waals surface area (Å²) in [7, 11) is 0.422. The molecule has 0 aliphatic heterocycles. The zero-order valence-electron chi connectivity index (χ0n) is 11.8. The molecule has 1 nitrogen and oxygen atoms in total. The molecule has 0 bridgehead atoms. The minimum absolute atomic E-state index is 0.422. The van der Waals surface area contributed by atoms with Crippen LogP contribution in [0.3, 0.4) is 0 Å². The number of hydrogen-bond acceptors (Lipinski definition) is 1. The van der Waals surface area contributed by atoms with E-state index >= 15 is 0 Å².